The number of nitrogens with one attached hydrogen (secondary N) is 1. The number of nitrogens with zero attached hydrogens (tertiary/aromatic N) is 1. The predicted molar refractivity (Wildman–Crippen MR) is 90.7 cm³/mol. The van der Waals surface area contributed by atoms with Crippen LogP contribution in [0.4, 0.5) is 5.00 Å². The number of amides is 1. The van der Waals surface area contributed by atoms with E-state index in [2.05, 4.69) is 10.5 Å². The number of aromatic nitrogens is 1. The monoisotopic (exact) mass is 348 g/mol. The molecule has 6 nitrogen and oxygen atoms in total. The van der Waals surface area contributed by atoms with E-state index in [4.69, 9.17) is 9.26 Å². The van der Waals surface area contributed by atoms with Gasteiger partial charge in [0.05, 0.1) is 17.9 Å². The highest BCUT2D eigenvalue weighted by molar-refractivity contribution is 7.17. The van der Waals surface area contributed by atoms with Crippen molar-refractivity contribution in [3.8, 4) is 0 Å². The maximum Gasteiger partial charge on any atom is 0.341 e. The fourth-order valence-electron chi connectivity index (χ4n) is 2.89. The number of fused-ring (bicyclic) bond motifs is 1. The summed E-state index contributed by atoms with van der Waals surface area (Å²) in [6.07, 6.45) is 5.08. The number of ether oxygens (including phenoxy) is 1. The van der Waals surface area contributed by atoms with Crippen molar-refractivity contribution in [2.75, 3.05) is 11.9 Å². The van der Waals surface area contributed by atoms with Gasteiger partial charge in [0, 0.05) is 10.9 Å². The van der Waals surface area contributed by atoms with Crippen molar-refractivity contribution in [3.05, 3.63) is 33.5 Å². The van der Waals surface area contributed by atoms with Crippen LogP contribution >= 0.6 is 11.3 Å². The summed E-state index contributed by atoms with van der Waals surface area (Å²) in [5.41, 5.74) is 2.16. The van der Waals surface area contributed by atoms with E-state index in [1.807, 2.05) is 0 Å². The Kier molecular flexibility index (Phi) is 4.99. The van der Waals surface area contributed by atoms with Crippen LogP contribution in [-0.4, -0.2) is 23.6 Å². The van der Waals surface area contributed by atoms with Gasteiger partial charge >= 0.3 is 5.97 Å². The zero-order chi connectivity index (χ0) is 17.1. The molecule has 0 saturated heterocycles. The van der Waals surface area contributed by atoms with E-state index in [9.17, 15) is 9.59 Å². The summed E-state index contributed by atoms with van der Waals surface area (Å²) in [7, 11) is 0. The molecule has 0 aliphatic heterocycles. The Bertz CT molecular complexity index is 763. The number of rotatable bonds is 4. The maximum absolute atomic E-state index is 12.4. The highest BCUT2D eigenvalue weighted by Crippen LogP contribution is 2.38. The quantitative estimate of drug-likeness (QED) is 0.672. The fourth-order valence-corrected chi connectivity index (χ4v) is 4.16. The molecule has 0 radical (unpaired) electrons. The van der Waals surface area contributed by atoms with E-state index in [-0.39, 0.29) is 11.7 Å². The molecule has 2 heterocycles. The molecule has 2 aromatic rings. The lowest BCUT2D eigenvalue weighted by Crippen LogP contribution is -2.14. The summed E-state index contributed by atoms with van der Waals surface area (Å²) in [5, 5.41) is 7.06. The number of carbonyl (C=O) groups is 2. The van der Waals surface area contributed by atoms with Gasteiger partial charge in [-0.25, -0.2) is 4.79 Å². The van der Waals surface area contributed by atoms with Crippen molar-refractivity contribution in [1.82, 2.24) is 5.16 Å². The minimum absolute atomic E-state index is 0.130. The second kappa shape index (κ2) is 7.17. The van der Waals surface area contributed by atoms with Gasteiger partial charge in [0.2, 0.25) is 5.76 Å². The van der Waals surface area contributed by atoms with Gasteiger partial charge in [-0.2, -0.15) is 0 Å². The Balaban J connectivity index is 1.94. The van der Waals surface area contributed by atoms with Gasteiger partial charge in [0.15, 0.2) is 0 Å². The number of hydrogen-bond donors (Lipinski definition) is 1. The van der Waals surface area contributed by atoms with E-state index in [0.29, 0.717) is 22.9 Å². The van der Waals surface area contributed by atoms with Crippen LogP contribution in [0.15, 0.2) is 10.6 Å². The number of thiophene rings is 1. The molecule has 1 amide bonds. The Morgan fingerprint density at radius 3 is 2.83 bits per heavy atom. The van der Waals surface area contributed by atoms with Gasteiger partial charge in [-0.15, -0.1) is 11.3 Å². The molecule has 24 heavy (non-hydrogen) atoms. The van der Waals surface area contributed by atoms with Crippen molar-refractivity contribution >= 4 is 28.2 Å². The average Bonchev–Trinajstić information content (AvgIpc) is 3.04. The molecule has 0 bridgehead atoms. The molecule has 2 aromatic heterocycles. The summed E-state index contributed by atoms with van der Waals surface area (Å²) >= 11 is 1.46. The summed E-state index contributed by atoms with van der Waals surface area (Å²) in [6.45, 7) is 3.83. The molecule has 0 unspecified atom stereocenters. The number of esters is 1. The van der Waals surface area contributed by atoms with Crippen molar-refractivity contribution < 1.29 is 18.8 Å². The lowest BCUT2D eigenvalue weighted by atomic mass is 10.1. The number of hydrogen-bond acceptors (Lipinski definition) is 6. The lowest BCUT2D eigenvalue weighted by molar-refractivity contribution is 0.0527. The molecule has 0 fully saturated rings. The Morgan fingerprint density at radius 2 is 2.12 bits per heavy atom. The van der Waals surface area contributed by atoms with Crippen LogP contribution < -0.4 is 5.32 Å². The Morgan fingerprint density at radius 1 is 1.33 bits per heavy atom. The van der Waals surface area contributed by atoms with E-state index in [0.717, 1.165) is 37.7 Å². The maximum atomic E-state index is 12.4. The van der Waals surface area contributed by atoms with E-state index >= 15 is 0 Å². The van der Waals surface area contributed by atoms with E-state index < -0.39 is 5.91 Å². The first-order valence-electron chi connectivity index (χ1n) is 8.16. The first-order chi connectivity index (χ1) is 11.6. The van der Waals surface area contributed by atoms with Crippen molar-refractivity contribution in [2.24, 2.45) is 0 Å². The third kappa shape index (κ3) is 3.36. The highest BCUT2D eigenvalue weighted by Gasteiger charge is 2.27. The lowest BCUT2D eigenvalue weighted by Gasteiger charge is -2.07. The number of anilines is 1. The SMILES string of the molecule is CCOC(=O)c1c(NC(=O)c2cc(C)no2)sc2c1CCCCC2. The molecule has 1 N–H and O–H groups in total. The minimum atomic E-state index is -0.405. The molecule has 3 rings (SSSR count). The van der Waals surface area contributed by atoms with Crippen LogP contribution in [0, 0.1) is 6.92 Å². The minimum Gasteiger partial charge on any atom is -0.462 e. The van der Waals surface area contributed by atoms with Crippen molar-refractivity contribution in [2.45, 2.75) is 46.0 Å². The van der Waals surface area contributed by atoms with Crippen molar-refractivity contribution in [3.63, 3.8) is 0 Å². The Labute approximate surface area is 144 Å². The first-order valence-corrected chi connectivity index (χ1v) is 8.98. The third-order valence-electron chi connectivity index (χ3n) is 3.98. The molecule has 0 spiro atoms. The second-order valence-electron chi connectivity index (χ2n) is 5.78. The summed E-state index contributed by atoms with van der Waals surface area (Å²) in [4.78, 5) is 25.9. The van der Waals surface area contributed by atoms with Crippen LogP contribution in [0.3, 0.4) is 0 Å². The van der Waals surface area contributed by atoms with Crippen LogP contribution in [0.25, 0.3) is 0 Å². The van der Waals surface area contributed by atoms with Gasteiger partial charge in [0.1, 0.15) is 5.00 Å². The number of carbonyl (C=O) groups excluding carboxylic acids is 2. The second-order valence-corrected chi connectivity index (χ2v) is 6.88. The standard InChI is InChI=1S/C17H20N2O4S/c1-3-22-17(21)14-11-7-5-4-6-8-13(11)24-16(14)18-15(20)12-9-10(2)19-23-12/h9H,3-8H2,1-2H3,(H,18,20). The van der Waals surface area contributed by atoms with Gasteiger partial charge in [-0.1, -0.05) is 11.6 Å². The zero-order valence-electron chi connectivity index (χ0n) is 13.8. The van der Waals surface area contributed by atoms with Gasteiger partial charge < -0.3 is 14.6 Å². The molecule has 0 aromatic carbocycles. The Hall–Kier alpha value is -2.15. The topological polar surface area (TPSA) is 81.4 Å². The first kappa shape index (κ1) is 16.7. The predicted octanol–water partition coefficient (Wildman–Crippen LogP) is 3.74. The fraction of sp³-hybridized carbons (Fsp3) is 0.471. The molecule has 0 atom stereocenters. The normalized spacial score (nSPS) is 13.9. The zero-order valence-corrected chi connectivity index (χ0v) is 14.6. The molecule has 1 aliphatic rings. The molecule has 7 heteroatoms. The van der Waals surface area contributed by atoms with Crippen LogP contribution in [-0.2, 0) is 17.6 Å². The van der Waals surface area contributed by atoms with Gasteiger partial charge in [-0.05, 0) is 45.1 Å². The third-order valence-corrected chi connectivity index (χ3v) is 5.19. The van der Waals surface area contributed by atoms with Crippen LogP contribution in [0.5, 0.6) is 0 Å². The molecular weight excluding hydrogens is 328 g/mol. The van der Waals surface area contributed by atoms with E-state index in [1.54, 1.807) is 19.9 Å². The van der Waals surface area contributed by atoms with Crippen molar-refractivity contribution in [1.29, 1.82) is 0 Å². The summed E-state index contributed by atoms with van der Waals surface area (Å²) < 4.78 is 10.2. The number of aryl methyl sites for hydroxylation is 2. The molecule has 0 saturated carbocycles. The average molecular weight is 348 g/mol. The largest absolute Gasteiger partial charge is 0.462 e. The van der Waals surface area contributed by atoms with Gasteiger partial charge in [0.25, 0.3) is 5.91 Å². The molecule has 1 aliphatic carbocycles. The van der Waals surface area contributed by atoms with Crippen LogP contribution in [0.1, 0.15) is 63.2 Å². The summed E-state index contributed by atoms with van der Waals surface area (Å²) in [5.74, 6) is -0.649. The van der Waals surface area contributed by atoms with Gasteiger partial charge in [-0.3, -0.25) is 4.79 Å². The van der Waals surface area contributed by atoms with Crippen LogP contribution in [0.2, 0.25) is 0 Å². The molecule has 128 valence electrons. The van der Waals surface area contributed by atoms with E-state index in [1.165, 1.54) is 16.2 Å². The summed E-state index contributed by atoms with van der Waals surface area (Å²) in [6, 6.07) is 1.57. The smallest absolute Gasteiger partial charge is 0.341 e. The highest BCUT2D eigenvalue weighted by atomic mass is 32.1. The molecular formula is C17H20N2O4S.